The SMILES string of the molecule is CCC(C)OCC(C)(CC)CSCCCS1(CCCSC(C)(CC)CCOC(C)(C)CC)c2cc(C(C)(CC)c3ccc(CCCC(=O)O)cc3)ccc2-c2ccc(C(C)(CC)c3ccc(OC)cc3)cc21. The minimum absolute atomic E-state index is 0.0905. The van der Waals surface area contributed by atoms with Crippen LogP contribution in [0.25, 0.3) is 11.1 Å². The van der Waals surface area contributed by atoms with Crippen LogP contribution in [0.4, 0.5) is 0 Å². The number of carboxylic acid groups (broad SMARTS) is 1. The van der Waals surface area contributed by atoms with Gasteiger partial charge in [0.1, 0.15) is 5.75 Å². The van der Waals surface area contributed by atoms with Crippen LogP contribution in [0, 0.1) is 5.41 Å². The molecule has 0 bridgehead atoms. The second kappa shape index (κ2) is 26.7. The van der Waals surface area contributed by atoms with E-state index in [1.54, 1.807) is 16.9 Å². The maximum Gasteiger partial charge on any atom is 0.303 e. The third-order valence-corrected chi connectivity index (χ3v) is 24.6. The molecule has 6 unspecified atom stereocenters. The molecule has 5 nitrogen and oxygen atoms in total. The highest BCUT2D eigenvalue weighted by molar-refractivity contribution is 8.34. The minimum atomic E-state index is -1.52. The lowest BCUT2D eigenvalue weighted by molar-refractivity contribution is -0.137. The van der Waals surface area contributed by atoms with Crippen molar-refractivity contribution in [2.45, 2.75) is 204 Å². The Morgan fingerprint density at radius 2 is 1.21 bits per heavy atom. The number of aryl methyl sites for hydroxylation is 1. The van der Waals surface area contributed by atoms with Gasteiger partial charge in [0.05, 0.1) is 25.4 Å². The summed E-state index contributed by atoms with van der Waals surface area (Å²) in [7, 11) is 0.234. The lowest BCUT2D eigenvalue weighted by Gasteiger charge is -2.41. The van der Waals surface area contributed by atoms with E-state index in [0.29, 0.717) is 12.5 Å². The van der Waals surface area contributed by atoms with Gasteiger partial charge in [0, 0.05) is 44.1 Å². The highest BCUT2D eigenvalue weighted by Gasteiger charge is 2.42. The van der Waals surface area contributed by atoms with Gasteiger partial charge in [0.2, 0.25) is 0 Å². The highest BCUT2D eigenvalue weighted by Crippen LogP contribution is 2.73. The third-order valence-electron chi connectivity index (χ3n) is 17.1. The van der Waals surface area contributed by atoms with Gasteiger partial charge in [0.15, 0.2) is 0 Å². The molecule has 1 N–H and O–H groups in total. The van der Waals surface area contributed by atoms with E-state index in [9.17, 15) is 9.90 Å². The zero-order chi connectivity index (χ0) is 52.8. The van der Waals surface area contributed by atoms with E-state index in [1.807, 2.05) is 0 Å². The van der Waals surface area contributed by atoms with Crippen LogP contribution in [0.3, 0.4) is 0 Å². The van der Waals surface area contributed by atoms with E-state index in [0.717, 1.165) is 94.0 Å². The fraction of sp³-hybridized carbons (Fsp3) is 0.609. The predicted octanol–water partition coefficient (Wildman–Crippen LogP) is 18.0. The Morgan fingerprint density at radius 1 is 0.667 bits per heavy atom. The van der Waals surface area contributed by atoms with Crippen LogP contribution in [0.1, 0.15) is 188 Å². The van der Waals surface area contributed by atoms with E-state index in [-0.39, 0.29) is 33.0 Å². The van der Waals surface area contributed by atoms with Crippen LogP contribution in [-0.2, 0) is 31.5 Å². The van der Waals surface area contributed by atoms with Crippen molar-refractivity contribution in [1.29, 1.82) is 0 Å². The average Bonchev–Trinajstić information content (AvgIpc) is 3.66. The van der Waals surface area contributed by atoms with E-state index >= 15 is 0 Å². The van der Waals surface area contributed by atoms with E-state index in [4.69, 9.17) is 14.2 Å². The zero-order valence-corrected chi connectivity index (χ0v) is 49.8. The van der Waals surface area contributed by atoms with Crippen LogP contribution in [0.5, 0.6) is 5.75 Å². The van der Waals surface area contributed by atoms with Gasteiger partial charge in [-0.05, 0) is 183 Å². The number of fused-ring (bicyclic) bond motifs is 3. The van der Waals surface area contributed by atoms with Crippen LogP contribution in [0.2, 0.25) is 0 Å². The average molecular weight is 1040 g/mol. The van der Waals surface area contributed by atoms with Gasteiger partial charge in [0.25, 0.3) is 0 Å². The summed E-state index contributed by atoms with van der Waals surface area (Å²) < 4.78 is 18.6. The first-order chi connectivity index (χ1) is 34.2. The van der Waals surface area contributed by atoms with Gasteiger partial charge in [-0.1, -0.05) is 130 Å². The molecule has 0 saturated heterocycles. The van der Waals surface area contributed by atoms with Gasteiger partial charge in [-0.15, -0.1) is 0 Å². The molecule has 0 aliphatic carbocycles. The highest BCUT2D eigenvalue weighted by atomic mass is 32.3. The summed E-state index contributed by atoms with van der Waals surface area (Å²) in [5.41, 5.74) is 9.20. The van der Waals surface area contributed by atoms with Gasteiger partial charge in [-0.25, -0.2) is 0 Å². The predicted molar refractivity (Wildman–Crippen MR) is 316 cm³/mol. The molecule has 0 spiro atoms. The number of carboxylic acids is 1. The zero-order valence-electron chi connectivity index (χ0n) is 47.4. The topological polar surface area (TPSA) is 65.0 Å². The standard InChI is InChI=1S/C64H96O5S3/c1-15-48(7)68-46-61(10,17-3)47-70-40-22-42-72(43-23-41-71-62(11,18-4)38-39-69-60(8,9)16-2)57-44-52(63(12,19-5)50-28-26-49(27-29-50)24-21-25-59(65)66)32-36-55(57)56-37-33-53(45-58(56)72)64(13,20-6)51-30-34-54(67-14)35-31-51/h26-37,44-45,48H,15-25,38-43,46-47H2,1-14H3,(H,65,66). The molecule has 72 heavy (non-hydrogen) atoms. The molecule has 6 atom stereocenters. The summed E-state index contributed by atoms with van der Waals surface area (Å²) >= 11 is 4.32. The molecule has 0 fully saturated rings. The number of hydrogen-bond acceptors (Lipinski definition) is 6. The summed E-state index contributed by atoms with van der Waals surface area (Å²) in [6.45, 7) is 31.8. The van der Waals surface area contributed by atoms with Crippen molar-refractivity contribution in [3.05, 3.63) is 113 Å². The normalized spacial score (nSPS) is 19.2. The number of methoxy groups -OCH3 is 1. The summed E-state index contributed by atoms with van der Waals surface area (Å²) in [4.78, 5) is 14.5. The van der Waals surface area contributed by atoms with E-state index in [2.05, 4.69) is 198 Å². The molecule has 0 amide bonds. The molecule has 4 aromatic carbocycles. The number of benzene rings is 4. The Balaban J connectivity index is 1.61. The van der Waals surface area contributed by atoms with Gasteiger partial charge >= 0.3 is 5.97 Å². The van der Waals surface area contributed by atoms with Crippen LogP contribution in [-0.4, -0.2) is 76.6 Å². The molecule has 0 radical (unpaired) electrons. The molecular formula is C64H96O5S3. The fourth-order valence-electron chi connectivity index (χ4n) is 10.1. The number of carbonyl (C=O) groups is 1. The lowest BCUT2D eigenvalue weighted by atomic mass is 9.73. The number of ether oxygens (including phenoxy) is 3. The van der Waals surface area contributed by atoms with Crippen molar-refractivity contribution in [2.75, 3.05) is 49.1 Å². The lowest BCUT2D eigenvalue weighted by Crippen LogP contribution is -2.28. The van der Waals surface area contributed by atoms with Gasteiger partial charge < -0.3 is 19.3 Å². The largest absolute Gasteiger partial charge is 0.497 e. The second-order valence-corrected chi connectivity index (χ2v) is 28.8. The molecule has 0 saturated carbocycles. The van der Waals surface area contributed by atoms with Crippen LogP contribution in [0.15, 0.2) is 94.7 Å². The van der Waals surface area contributed by atoms with Crippen molar-refractivity contribution < 1.29 is 24.1 Å². The molecule has 5 rings (SSSR count). The molecule has 4 aromatic rings. The monoisotopic (exact) mass is 1040 g/mol. The Labute approximate surface area is 449 Å². The summed E-state index contributed by atoms with van der Waals surface area (Å²) in [5, 5.41) is 9.28. The van der Waals surface area contributed by atoms with Crippen LogP contribution < -0.4 is 4.74 Å². The van der Waals surface area contributed by atoms with Crippen molar-refractivity contribution in [1.82, 2.24) is 0 Å². The minimum Gasteiger partial charge on any atom is -0.497 e. The molecule has 0 aromatic heterocycles. The maximum atomic E-state index is 11.3. The molecule has 400 valence electrons. The Kier molecular flexibility index (Phi) is 22.3. The maximum absolute atomic E-state index is 11.3. The molecular weight excluding hydrogens is 945 g/mol. The Hall–Kier alpha value is -2.88. The van der Waals surface area contributed by atoms with Crippen molar-refractivity contribution >= 4 is 39.5 Å². The smallest absolute Gasteiger partial charge is 0.303 e. The summed E-state index contributed by atoms with van der Waals surface area (Å²) in [6, 6.07) is 33.1. The number of hydrogen-bond donors (Lipinski definition) is 1. The fourth-order valence-corrected chi connectivity index (χ4v) is 17.5. The van der Waals surface area contributed by atoms with Crippen molar-refractivity contribution in [3.8, 4) is 16.9 Å². The quantitative estimate of drug-likeness (QED) is 0.0477. The van der Waals surface area contributed by atoms with Gasteiger partial charge in [-0.3, -0.25) is 4.79 Å². The molecule has 8 heteroatoms. The van der Waals surface area contributed by atoms with Crippen molar-refractivity contribution in [2.24, 2.45) is 5.41 Å². The van der Waals surface area contributed by atoms with Crippen molar-refractivity contribution in [3.63, 3.8) is 0 Å². The second-order valence-electron chi connectivity index (χ2n) is 22.6. The summed E-state index contributed by atoms with van der Waals surface area (Å²) in [6.07, 6.45) is 11.6. The number of thioether (sulfide) groups is 2. The number of rotatable bonds is 33. The summed E-state index contributed by atoms with van der Waals surface area (Å²) in [5.74, 6) is 5.88. The first-order valence-corrected chi connectivity index (χ1v) is 31.9. The number of aliphatic carboxylic acids is 1. The first kappa shape index (κ1) is 60.0. The molecule has 1 aliphatic rings. The molecule has 1 aliphatic heterocycles. The Morgan fingerprint density at radius 3 is 1.69 bits per heavy atom. The van der Waals surface area contributed by atoms with Crippen LogP contribution >= 0.6 is 33.6 Å². The van der Waals surface area contributed by atoms with E-state index in [1.165, 1.54) is 56.9 Å². The Bertz CT molecular complexity index is 2310. The van der Waals surface area contributed by atoms with Gasteiger partial charge in [-0.2, -0.15) is 33.6 Å². The van der Waals surface area contributed by atoms with E-state index < -0.39 is 16.0 Å². The molecule has 1 heterocycles. The first-order valence-electron chi connectivity index (χ1n) is 27.7. The third kappa shape index (κ3) is 14.7.